The molecule has 0 radical (unpaired) electrons. The van der Waals surface area contributed by atoms with Crippen LogP contribution in [0.25, 0.3) is 0 Å². The highest BCUT2D eigenvalue weighted by molar-refractivity contribution is 7.99. The van der Waals surface area contributed by atoms with Crippen molar-refractivity contribution < 1.29 is 4.74 Å². The smallest absolute Gasteiger partial charge is 0.133 e. The minimum atomic E-state index is 0.739. The minimum absolute atomic E-state index is 0.739. The molecule has 1 heterocycles. The third-order valence-electron chi connectivity index (χ3n) is 2.42. The van der Waals surface area contributed by atoms with E-state index in [4.69, 9.17) is 4.74 Å². The maximum absolute atomic E-state index is 5.03. The summed E-state index contributed by atoms with van der Waals surface area (Å²) in [5.41, 5.74) is 1.23. The molecular weight excluding hydrogens is 244 g/mol. The SMILES string of the molecule is COCCSc1ccnc(Cc2ccccc2)n1. The Bertz CT molecular complexity index is 476. The Balaban J connectivity index is 1.99. The van der Waals surface area contributed by atoms with Crippen LogP contribution in [0, 0.1) is 0 Å². The summed E-state index contributed by atoms with van der Waals surface area (Å²) < 4.78 is 5.03. The fourth-order valence-electron chi connectivity index (χ4n) is 1.55. The lowest BCUT2D eigenvalue weighted by atomic mass is 10.1. The van der Waals surface area contributed by atoms with Crippen LogP contribution in [0.5, 0.6) is 0 Å². The normalized spacial score (nSPS) is 10.5. The van der Waals surface area contributed by atoms with Gasteiger partial charge in [0.25, 0.3) is 0 Å². The van der Waals surface area contributed by atoms with E-state index < -0.39 is 0 Å². The highest BCUT2D eigenvalue weighted by Gasteiger charge is 2.01. The summed E-state index contributed by atoms with van der Waals surface area (Å²) in [4.78, 5) is 8.84. The van der Waals surface area contributed by atoms with E-state index in [0.717, 1.165) is 29.6 Å². The van der Waals surface area contributed by atoms with Crippen LogP contribution >= 0.6 is 11.8 Å². The minimum Gasteiger partial charge on any atom is -0.384 e. The Kier molecular flexibility index (Phi) is 5.17. The predicted octanol–water partition coefficient (Wildman–Crippen LogP) is 2.81. The van der Waals surface area contributed by atoms with Gasteiger partial charge in [0.1, 0.15) is 5.82 Å². The molecule has 1 aromatic carbocycles. The van der Waals surface area contributed by atoms with Gasteiger partial charge in [0.15, 0.2) is 0 Å². The number of nitrogens with zero attached hydrogens (tertiary/aromatic N) is 2. The summed E-state index contributed by atoms with van der Waals surface area (Å²) >= 11 is 1.69. The molecular formula is C14H16N2OS. The van der Waals surface area contributed by atoms with Gasteiger partial charge >= 0.3 is 0 Å². The van der Waals surface area contributed by atoms with Crippen LogP contribution in [0.4, 0.5) is 0 Å². The van der Waals surface area contributed by atoms with Crippen LogP contribution < -0.4 is 0 Å². The van der Waals surface area contributed by atoms with E-state index >= 15 is 0 Å². The molecule has 1 aromatic heterocycles. The van der Waals surface area contributed by atoms with Crippen molar-refractivity contribution in [3.63, 3.8) is 0 Å². The largest absolute Gasteiger partial charge is 0.384 e. The third-order valence-corrected chi connectivity index (χ3v) is 3.32. The molecule has 0 fully saturated rings. The van der Waals surface area contributed by atoms with Crippen molar-refractivity contribution in [1.82, 2.24) is 9.97 Å². The van der Waals surface area contributed by atoms with Crippen molar-refractivity contribution in [1.29, 1.82) is 0 Å². The van der Waals surface area contributed by atoms with Crippen LogP contribution in [0.2, 0.25) is 0 Å². The van der Waals surface area contributed by atoms with Gasteiger partial charge in [-0.25, -0.2) is 9.97 Å². The Morgan fingerprint density at radius 2 is 2.00 bits per heavy atom. The fraction of sp³-hybridized carbons (Fsp3) is 0.286. The number of aromatic nitrogens is 2. The van der Waals surface area contributed by atoms with Crippen LogP contribution in [0.15, 0.2) is 47.6 Å². The van der Waals surface area contributed by atoms with Crippen LogP contribution in [-0.4, -0.2) is 29.4 Å². The Labute approximate surface area is 112 Å². The molecule has 94 valence electrons. The van der Waals surface area contributed by atoms with Crippen molar-refractivity contribution in [3.05, 3.63) is 54.0 Å². The fourth-order valence-corrected chi connectivity index (χ4v) is 2.34. The van der Waals surface area contributed by atoms with Gasteiger partial charge in [-0.3, -0.25) is 0 Å². The standard InChI is InChI=1S/C14H16N2OS/c1-17-9-10-18-14-7-8-15-13(16-14)11-12-5-3-2-4-6-12/h2-8H,9-11H2,1H3. The number of thioether (sulfide) groups is 1. The van der Waals surface area contributed by atoms with Crippen LogP contribution in [-0.2, 0) is 11.2 Å². The summed E-state index contributed by atoms with van der Waals surface area (Å²) in [6.45, 7) is 0.739. The predicted molar refractivity (Wildman–Crippen MR) is 73.9 cm³/mol. The van der Waals surface area contributed by atoms with E-state index in [-0.39, 0.29) is 0 Å². The van der Waals surface area contributed by atoms with E-state index in [0.29, 0.717) is 0 Å². The quantitative estimate of drug-likeness (QED) is 0.454. The average molecular weight is 260 g/mol. The molecule has 2 rings (SSSR count). The number of benzene rings is 1. The van der Waals surface area contributed by atoms with Crippen molar-refractivity contribution >= 4 is 11.8 Å². The van der Waals surface area contributed by atoms with E-state index in [1.54, 1.807) is 18.9 Å². The number of hydrogen-bond donors (Lipinski definition) is 0. The molecule has 3 nitrogen and oxygen atoms in total. The van der Waals surface area contributed by atoms with Crippen LogP contribution in [0.1, 0.15) is 11.4 Å². The lowest BCUT2D eigenvalue weighted by molar-refractivity contribution is 0.218. The maximum Gasteiger partial charge on any atom is 0.133 e. The zero-order valence-electron chi connectivity index (χ0n) is 10.4. The van der Waals surface area contributed by atoms with Gasteiger partial charge in [-0.2, -0.15) is 0 Å². The number of methoxy groups -OCH3 is 1. The summed E-state index contributed by atoms with van der Waals surface area (Å²) in [6, 6.07) is 12.2. The first-order valence-electron chi connectivity index (χ1n) is 5.86. The first-order valence-corrected chi connectivity index (χ1v) is 6.84. The molecule has 0 spiro atoms. The van der Waals surface area contributed by atoms with Gasteiger partial charge in [-0.1, -0.05) is 30.3 Å². The monoisotopic (exact) mass is 260 g/mol. The molecule has 0 amide bonds. The van der Waals surface area contributed by atoms with Gasteiger partial charge in [0.2, 0.25) is 0 Å². The van der Waals surface area contributed by atoms with Gasteiger partial charge in [-0.15, -0.1) is 11.8 Å². The zero-order chi connectivity index (χ0) is 12.6. The Hall–Kier alpha value is -1.39. The molecule has 0 unspecified atom stereocenters. The molecule has 18 heavy (non-hydrogen) atoms. The van der Waals surface area contributed by atoms with Crippen molar-refractivity contribution in [3.8, 4) is 0 Å². The van der Waals surface area contributed by atoms with E-state index in [2.05, 4.69) is 22.1 Å². The number of ether oxygens (including phenoxy) is 1. The number of hydrogen-bond acceptors (Lipinski definition) is 4. The molecule has 0 aliphatic rings. The second-order valence-corrected chi connectivity index (χ2v) is 4.93. The third kappa shape index (κ3) is 4.13. The average Bonchev–Trinajstić information content (AvgIpc) is 2.41. The second-order valence-electron chi connectivity index (χ2n) is 3.81. The van der Waals surface area contributed by atoms with E-state index in [9.17, 15) is 0 Å². The molecule has 0 saturated heterocycles. The molecule has 2 aromatic rings. The summed E-state index contributed by atoms with van der Waals surface area (Å²) in [6.07, 6.45) is 2.60. The topological polar surface area (TPSA) is 35.0 Å². The van der Waals surface area contributed by atoms with Crippen LogP contribution in [0.3, 0.4) is 0 Å². The Morgan fingerprint density at radius 1 is 1.17 bits per heavy atom. The van der Waals surface area contributed by atoms with Crippen molar-refractivity contribution in [2.45, 2.75) is 11.4 Å². The van der Waals surface area contributed by atoms with Gasteiger partial charge < -0.3 is 4.74 Å². The van der Waals surface area contributed by atoms with E-state index in [1.807, 2.05) is 30.5 Å². The van der Waals surface area contributed by atoms with E-state index in [1.165, 1.54) is 5.56 Å². The lowest BCUT2D eigenvalue weighted by Crippen LogP contribution is -1.98. The second kappa shape index (κ2) is 7.13. The van der Waals surface area contributed by atoms with Gasteiger partial charge in [-0.05, 0) is 11.6 Å². The van der Waals surface area contributed by atoms with Crippen molar-refractivity contribution in [2.75, 3.05) is 19.5 Å². The first-order chi connectivity index (χ1) is 8.88. The summed E-state index contributed by atoms with van der Waals surface area (Å²) in [5.74, 6) is 1.78. The lowest BCUT2D eigenvalue weighted by Gasteiger charge is -2.03. The van der Waals surface area contributed by atoms with Gasteiger partial charge in [0.05, 0.1) is 11.6 Å². The maximum atomic E-state index is 5.03. The summed E-state index contributed by atoms with van der Waals surface area (Å²) in [5, 5.41) is 1.01. The molecule has 0 aliphatic carbocycles. The van der Waals surface area contributed by atoms with Gasteiger partial charge in [0, 0.05) is 25.5 Å². The molecule has 0 N–H and O–H groups in total. The molecule has 0 aliphatic heterocycles. The molecule has 0 atom stereocenters. The molecule has 0 bridgehead atoms. The van der Waals surface area contributed by atoms with Crippen molar-refractivity contribution in [2.24, 2.45) is 0 Å². The first kappa shape index (κ1) is 13.1. The summed E-state index contributed by atoms with van der Waals surface area (Å²) in [7, 11) is 1.71. The highest BCUT2D eigenvalue weighted by Crippen LogP contribution is 2.15. The molecule has 0 saturated carbocycles. The zero-order valence-corrected chi connectivity index (χ0v) is 11.2. The number of rotatable bonds is 6. The molecule has 4 heteroatoms. The Morgan fingerprint density at radius 3 is 2.78 bits per heavy atom. The highest BCUT2D eigenvalue weighted by atomic mass is 32.2.